The summed E-state index contributed by atoms with van der Waals surface area (Å²) in [5.74, 6) is 2.71. The Balaban J connectivity index is 1.68. The SMILES string of the molecule is C[C@@]12CCC[C@H]1[C@@H]1CC=C3C[C@H](F)CC[C@]3(C)[C@H]1CC2. The van der Waals surface area contributed by atoms with Crippen molar-refractivity contribution in [2.24, 2.45) is 28.6 Å². The maximum absolute atomic E-state index is 13.8. The Labute approximate surface area is 123 Å². The quantitative estimate of drug-likeness (QED) is 0.499. The lowest BCUT2D eigenvalue weighted by atomic mass is 9.48. The third-order valence-corrected chi connectivity index (χ3v) is 7.82. The fourth-order valence-corrected chi connectivity index (χ4v) is 6.61. The summed E-state index contributed by atoms with van der Waals surface area (Å²) < 4.78 is 13.8. The highest BCUT2D eigenvalue weighted by atomic mass is 19.1. The third kappa shape index (κ3) is 1.70. The van der Waals surface area contributed by atoms with Crippen LogP contribution in [0.25, 0.3) is 0 Å². The van der Waals surface area contributed by atoms with Gasteiger partial charge in [0.1, 0.15) is 6.17 Å². The molecule has 0 aliphatic heterocycles. The van der Waals surface area contributed by atoms with E-state index < -0.39 is 6.17 Å². The molecule has 0 aromatic heterocycles. The van der Waals surface area contributed by atoms with Crippen LogP contribution in [-0.2, 0) is 0 Å². The molecule has 1 heteroatoms. The summed E-state index contributed by atoms with van der Waals surface area (Å²) in [7, 11) is 0. The van der Waals surface area contributed by atoms with Crippen molar-refractivity contribution < 1.29 is 4.39 Å². The number of hydrogen-bond acceptors (Lipinski definition) is 0. The van der Waals surface area contributed by atoms with E-state index in [1.807, 2.05) is 0 Å². The molecular weight excluding hydrogens is 247 g/mol. The van der Waals surface area contributed by atoms with Crippen LogP contribution in [0.2, 0.25) is 0 Å². The molecule has 0 N–H and O–H groups in total. The van der Waals surface area contributed by atoms with Crippen LogP contribution in [0.1, 0.15) is 71.6 Å². The van der Waals surface area contributed by atoms with E-state index in [1.165, 1.54) is 44.1 Å². The van der Waals surface area contributed by atoms with Crippen molar-refractivity contribution >= 4 is 0 Å². The van der Waals surface area contributed by atoms with Gasteiger partial charge in [0.15, 0.2) is 0 Å². The van der Waals surface area contributed by atoms with Crippen molar-refractivity contribution in [1.29, 1.82) is 0 Å². The lowest BCUT2D eigenvalue weighted by Crippen LogP contribution is -2.49. The van der Waals surface area contributed by atoms with Gasteiger partial charge < -0.3 is 0 Å². The first-order valence-electron chi connectivity index (χ1n) is 8.86. The average molecular weight is 276 g/mol. The average Bonchev–Trinajstić information content (AvgIpc) is 2.81. The zero-order valence-corrected chi connectivity index (χ0v) is 13.1. The minimum Gasteiger partial charge on any atom is -0.247 e. The Kier molecular flexibility index (Phi) is 2.89. The van der Waals surface area contributed by atoms with Gasteiger partial charge in [0, 0.05) is 6.42 Å². The monoisotopic (exact) mass is 276 g/mol. The number of halogens is 1. The summed E-state index contributed by atoms with van der Waals surface area (Å²) in [5, 5.41) is 0. The summed E-state index contributed by atoms with van der Waals surface area (Å²) in [5.41, 5.74) is 2.47. The number of allylic oxidation sites excluding steroid dienone is 2. The predicted molar refractivity (Wildman–Crippen MR) is 81.2 cm³/mol. The fraction of sp³-hybridized carbons (Fsp3) is 0.895. The third-order valence-electron chi connectivity index (χ3n) is 7.82. The molecule has 4 aliphatic rings. The topological polar surface area (TPSA) is 0 Å². The molecule has 0 radical (unpaired) electrons. The molecule has 4 rings (SSSR count). The van der Waals surface area contributed by atoms with Gasteiger partial charge >= 0.3 is 0 Å². The van der Waals surface area contributed by atoms with Crippen molar-refractivity contribution in [3.05, 3.63) is 11.6 Å². The van der Waals surface area contributed by atoms with Gasteiger partial charge in [0.05, 0.1) is 0 Å². The first kappa shape index (κ1) is 13.3. The first-order chi connectivity index (χ1) is 9.53. The second-order valence-electron chi connectivity index (χ2n) is 8.68. The molecule has 0 aromatic rings. The Hall–Kier alpha value is -0.330. The molecule has 6 atom stereocenters. The highest BCUT2D eigenvalue weighted by Gasteiger charge is 2.55. The summed E-state index contributed by atoms with van der Waals surface area (Å²) >= 11 is 0. The molecule has 4 aliphatic carbocycles. The van der Waals surface area contributed by atoms with E-state index in [4.69, 9.17) is 0 Å². The van der Waals surface area contributed by atoms with Gasteiger partial charge in [-0.2, -0.15) is 0 Å². The lowest BCUT2D eigenvalue weighted by Gasteiger charge is -2.57. The molecule has 0 saturated heterocycles. The highest BCUT2D eigenvalue weighted by molar-refractivity contribution is 5.25. The Morgan fingerprint density at radius 2 is 1.90 bits per heavy atom. The zero-order chi connectivity index (χ0) is 14.0. The maximum Gasteiger partial charge on any atom is 0.104 e. The van der Waals surface area contributed by atoms with Crippen LogP contribution in [0, 0.1) is 28.6 Å². The van der Waals surface area contributed by atoms with Gasteiger partial charge in [-0.25, -0.2) is 4.39 Å². The predicted octanol–water partition coefficient (Wildman–Crippen LogP) is 5.68. The summed E-state index contributed by atoms with van der Waals surface area (Å²) in [4.78, 5) is 0. The van der Waals surface area contributed by atoms with Gasteiger partial charge in [-0.1, -0.05) is 31.9 Å². The standard InChI is InChI=1S/C19H29F/c1-18-9-3-4-16(18)15-6-5-13-12-14(20)7-11-19(13,2)17(15)8-10-18/h5,14-17H,3-4,6-12H2,1-2H3/t14-,15+,16+,17+,18+,19+/m1/s1. The maximum atomic E-state index is 13.8. The van der Waals surface area contributed by atoms with Crippen molar-refractivity contribution in [3.63, 3.8) is 0 Å². The molecule has 20 heavy (non-hydrogen) atoms. The summed E-state index contributed by atoms with van der Waals surface area (Å²) in [6.45, 7) is 5.03. The van der Waals surface area contributed by atoms with Crippen LogP contribution < -0.4 is 0 Å². The molecule has 0 heterocycles. The van der Waals surface area contributed by atoms with Crippen LogP contribution in [0.15, 0.2) is 11.6 Å². The minimum absolute atomic E-state index is 0.343. The molecule has 0 aromatic carbocycles. The Morgan fingerprint density at radius 1 is 1.05 bits per heavy atom. The Morgan fingerprint density at radius 3 is 2.75 bits per heavy atom. The second-order valence-corrected chi connectivity index (χ2v) is 8.68. The van der Waals surface area contributed by atoms with E-state index in [-0.39, 0.29) is 0 Å². The smallest absolute Gasteiger partial charge is 0.104 e. The van der Waals surface area contributed by atoms with Crippen molar-refractivity contribution in [2.45, 2.75) is 77.8 Å². The van der Waals surface area contributed by atoms with Crippen LogP contribution in [-0.4, -0.2) is 6.17 Å². The highest BCUT2D eigenvalue weighted by Crippen LogP contribution is 2.64. The molecular formula is C19H29F. The van der Waals surface area contributed by atoms with Crippen LogP contribution >= 0.6 is 0 Å². The van der Waals surface area contributed by atoms with E-state index in [2.05, 4.69) is 19.9 Å². The van der Waals surface area contributed by atoms with E-state index >= 15 is 0 Å². The van der Waals surface area contributed by atoms with Gasteiger partial charge in [0.2, 0.25) is 0 Å². The number of rotatable bonds is 0. The molecule has 0 bridgehead atoms. The molecule has 3 saturated carbocycles. The first-order valence-corrected chi connectivity index (χ1v) is 8.86. The van der Waals surface area contributed by atoms with Crippen LogP contribution in [0.5, 0.6) is 0 Å². The molecule has 112 valence electrons. The normalized spacial score (nSPS) is 54.6. The van der Waals surface area contributed by atoms with Crippen molar-refractivity contribution in [2.75, 3.05) is 0 Å². The van der Waals surface area contributed by atoms with E-state index in [9.17, 15) is 4.39 Å². The molecule has 0 nitrogen and oxygen atoms in total. The molecule has 3 fully saturated rings. The Bertz CT molecular complexity index is 439. The second kappa shape index (κ2) is 4.34. The van der Waals surface area contributed by atoms with Crippen LogP contribution in [0.3, 0.4) is 0 Å². The summed E-state index contributed by atoms with van der Waals surface area (Å²) in [6.07, 6.45) is 13.0. The van der Waals surface area contributed by atoms with Crippen molar-refractivity contribution in [3.8, 4) is 0 Å². The molecule has 0 spiro atoms. The van der Waals surface area contributed by atoms with Crippen molar-refractivity contribution in [1.82, 2.24) is 0 Å². The number of hydrogen-bond donors (Lipinski definition) is 0. The molecule has 0 unspecified atom stereocenters. The van der Waals surface area contributed by atoms with E-state index in [0.717, 1.165) is 37.0 Å². The van der Waals surface area contributed by atoms with Gasteiger partial charge in [-0.15, -0.1) is 0 Å². The summed E-state index contributed by atoms with van der Waals surface area (Å²) in [6, 6.07) is 0. The number of fused-ring (bicyclic) bond motifs is 5. The zero-order valence-electron chi connectivity index (χ0n) is 13.1. The fourth-order valence-electron chi connectivity index (χ4n) is 6.61. The largest absolute Gasteiger partial charge is 0.247 e. The minimum atomic E-state index is -0.564. The van der Waals surface area contributed by atoms with Gasteiger partial charge in [0.25, 0.3) is 0 Å². The number of alkyl halides is 1. The van der Waals surface area contributed by atoms with Crippen LogP contribution in [0.4, 0.5) is 4.39 Å². The van der Waals surface area contributed by atoms with Gasteiger partial charge in [-0.3, -0.25) is 0 Å². The van der Waals surface area contributed by atoms with E-state index in [0.29, 0.717) is 10.8 Å². The lowest BCUT2D eigenvalue weighted by molar-refractivity contribution is -0.0303. The van der Waals surface area contributed by atoms with Gasteiger partial charge in [-0.05, 0) is 73.5 Å². The van der Waals surface area contributed by atoms with E-state index in [1.54, 1.807) is 0 Å². The molecule has 0 amide bonds.